The number of thiophene rings is 1. The fourth-order valence-electron chi connectivity index (χ4n) is 7.34. The largest absolute Gasteiger partial charge is 0.311 e. The second kappa shape index (κ2) is 12.6. The van der Waals surface area contributed by atoms with E-state index in [0.717, 1.165) is 33.1 Å². The standard InChI is InChI=1S/C49H32N2S/c1-3-9-38-31-40(15-13-33(38)7-1)35-17-23-42(24-18-35)51(43-25-19-36(20-26-43)41-16-14-34-8-2-4-10-39(34)32-41)44-27-21-37(22-28-44)47-30-29-46-45-11-5-6-12-48(45)52-49(46)50-47/h1-32H. The molecule has 0 atom stereocenters. The van der Waals surface area contributed by atoms with Crippen molar-refractivity contribution in [2.75, 3.05) is 4.90 Å². The molecule has 2 aromatic heterocycles. The molecule has 0 radical (unpaired) electrons. The van der Waals surface area contributed by atoms with Crippen molar-refractivity contribution in [3.05, 3.63) is 194 Å². The summed E-state index contributed by atoms with van der Waals surface area (Å²) < 4.78 is 1.27. The van der Waals surface area contributed by atoms with Crippen LogP contribution in [0.1, 0.15) is 0 Å². The van der Waals surface area contributed by atoms with Gasteiger partial charge in [0, 0.05) is 38.1 Å². The lowest BCUT2D eigenvalue weighted by molar-refractivity contribution is 1.28. The van der Waals surface area contributed by atoms with Gasteiger partial charge in [0.2, 0.25) is 0 Å². The van der Waals surface area contributed by atoms with Crippen molar-refractivity contribution in [1.29, 1.82) is 0 Å². The number of hydrogen-bond acceptors (Lipinski definition) is 3. The van der Waals surface area contributed by atoms with Gasteiger partial charge in [-0.2, -0.15) is 0 Å². The van der Waals surface area contributed by atoms with Gasteiger partial charge in [0.25, 0.3) is 0 Å². The van der Waals surface area contributed by atoms with Gasteiger partial charge in [0.1, 0.15) is 4.83 Å². The fraction of sp³-hybridized carbons (Fsp3) is 0. The van der Waals surface area contributed by atoms with Crippen molar-refractivity contribution >= 4 is 70.2 Å². The Balaban J connectivity index is 1.02. The average Bonchev–Trinajstić information content (AvgIpc) is 3.59. The van der Waals surface area contributed by atoms with E-state index in [0.29, 0.717) is 0 Å². The van der Waals surface area contributed by atoms with Crippen LogP contribution in [0.15, 0.2) is 194 Å². The third-order valence-electron chi connectivity index (χ3n) is 10.1. The third kappa shape index (κ3) is 5.49. The minimum Gasteiger partial charge on any atom is -0.311 e. The molecule has 0 saturated heterocycles. The molecule has 244 valence electrons. The van der Waals surface area contributed by atoms with Gasteiger partial charge in [0.05, 0.1) is 5.69 Å². The van der Waals surface area contributed by atoms with E-state index in [9.17, 15) is 0 Å². The predicted octanol–water partition coefficient (Wildman–Crippen LogP) is 14.2. The summed E-state index contributed by atoms with van der Waals surface area (Å²) in [6.07, 6.45) is 0. The molecule has 0 saturated carbocycles. The maximum atomic E-state index is 5.09. The highest BCUT2D eigenvalue weighted by Crippen LogP contribution is 2.39. The van der Waals surface area contributed by atoms with Crippen LogP contribution >= 0.6 is 11.3 Å². The summed E-state index contributed by atoms with van der Waals surface area (Å²) in [4.78, 5) is 8.50. The van der Waals surface area contributed by atoms with Crippen LogP contribution in [0.4, 0.5) is 17.1 Å². The summed E-state index contributed by atoms with van der Waals surface area (Å²) in [6, 6.07) is 70.0. The Kier molecular flexibility index (Phi) is 7.37. The molecule has 0 amide bonds. The Morgan fingerprint density at radius 2 is 0.808 bits per heavy atom. The maximum absolute atomic E-state index is 5.09. The zero-order valence-electron chi connectivity index (χ0n) is 28.3. The van der Waals surface area contributed by atoms with E-state index in [-0.39, 0.29) is 0 Å². The molecule has 0 fully saturated rings. The van der Waals surface area contributed by atoms with Crippen molar-refractivity contribution in [2.24, 2.45) is 0 Å². The lowest BCUT2D eigenvalue weighted by Crippen LogP contribution is -2.09. The highest BCUT2D eigenvalue weighted by atomic mass is 32.1. The Hall–Kier alpha value is -6.55. The van der Waals surface area contributed by atoms with Gasteiger partial charge < -0.3 is 4.90 Å². The van der Waals surface area contributed by atoms with E-state index >= 15 is 0 Å². The number of nitrogens with zero attached hydrogens (tertiary/aromatic N) is 2. The van der Waals surface area contributed by atoms with Crippen LogP contribution in [0.25, 0.3) is 75.4 Å². The maximum Gasteiger partial charge on any atom is 0.125 e. The monoisotopic (exact) mass is 680 g/mol. The number of fused-ring (bicyclic) bond motifs is 5. The molecule has 0 unspecified atom stereocenters. The topological polar surface area (TPSA) is 16.1 Å². The van der Waals surface area contributed by atoms with Gasteiger partial charge in [-0.05, 0) is 111 Å². The van der Waals surface area contributed by atoms with Gasteiger partial charge in [-0.25, -0.2) is 4.98 Å². The van der Waals surface area contributed by atoms with Crippen LogP contribution in [-0.2, 0) is 0 Å². The molecule has 52 heavy (non-hydrogen) atoms. The van der Waals surface area contributed by atoms with E-state index in [4.69, 9.17) is 4.98 Å². The molecule has 10 aromatic rings. The van der Waals surface area contributed by atoms with E-state index in [1.165, 1.54) is 59.3 Å². The average molecular weight is 681 g/mol. The number of pyridine rings is 1. The summed E-state index contributed by atoms with van der Waals surface area (Å²) in [7, 11) is 0. The molecule has 0 bridgehead atoms. The molecule has 0 N–H and O–H groups in total. The quantitative estimate of drug-likeness (QED) is 0.174. The highest BCUT2D eigenvalue weighted by molar-refractivity contribution is 7.25. The third-order valence-corrected chi connectivity index (χ3v) is 11.2. The summed E-state index contributed by atoms with van der Waals surface area (Å²) in [5.74, 6) is 0. The Morgan fingerprint density at radius 3 is 1.37 bits per heavy atom. The van der Waals surface area contributed by atoms with Gasteiger partial charge in [-0.3, -0.25) is 0 Å². The molecular weight excluding hydrogens is 649 g/mol. The first-order chi connectivity index (χ1) is 25.7. The second-order valence-electron chi connectivity index (χ2n) is 13.2. The number of hydrogen-bond donors (Lipinski definition) is 0. The van der Waals surface area contributed by atoms with Crippen LogP contribution in [0.3, 0.4) is 0 Å². The molecule has 3 heteroatoms. The molecule has 0 aliphatic heterocycles. The van der Waals surface area contributed by atoms with Crippen LogP contribution in [-0.4, -0.2) is 4.98 Å². The number of rotatable bonds is 6. The van der Waals surface area contributed by atoms with Crippen molar-refractivity contribution in [1.82, 2.24) is 4.98 Å². The lowest BCUT2D eigenvalue weighted by Gasteiger charge is -2.26. The van der Waals surface area contributed by atoms with Crippen molar-refractivity contribution in [3.8, 4) is 33.5 Å². The summed E-state index contributed by atoms with van der Waals surface area (Å²) in [6.45, 7) is 0. The number of aromatic nitrogens is 1. The first-order valence-electron chi connectivity index (χ1n) is 17.6. The fourth-order valence-corrected chi connectivity index (χ4v) is 8.41. The first kappa shape index (κ1) is 30.3. The van der Waals surface area contributed by atoms with Crippen molar-refractivity contribution in [2.45, 2.75) is 0 Å². The van der Waals surface area contributed by atoms with E-state index < -0.39 is 0 Å². The Morgan fingerprint density at radius 1 is 0.346 bits per heavy atom. The lowest BCUT2D eigenvalue weighted by atomic mass is 10.00. The highest BCUT2D eigenvalue weighted by Gasteiger charge is 2.15. The van der Waals surface area contributed by atoms with Crippen molar-refractivity contribution < 1.29 is 0 Å². The van der Waals surface area contributed by atoms with Crippen LogP contribution in [0.2, 0.25) is 0 Å². The molecule has 2 nitrogen and oxygen atoms in total. The van der Waals surface area contributed by atoms with Gasteiger partial charge >= 0.3 is 0 Å². The predicted molar refractivity (Wildman–Crippen MR) is 223 cm³/mol. The smallest absolute Gasteiger partial charge is 0.125 e. The first-order valence-corrected chi connectivity index (χ1v) is 18.4. The number of anilines is 3. The summed E-state index contributed by atoms with van der Waals surface area (Å²) in [5, 5.41) is 7.49. The molecule has 8 aromatic carbocycles. The molecule has 0 spiro atoms. The van der Waals surface area contributed by atoms with Crippen molar-refractivity contribution in [3.63, 3.8) is 0 Å². The van der Waals surface area contributed by atoms with E-state index in [2.05, 4.69) is 199 Å². The molecule has 10 rings (SSSR count). The van der Waals surface area contributed by atoms with Crippen LogP contribution < -0.4 is 4.90 Å². The minimum atomic E-state index is 0.983. The second-order valence-corrected chi connectivity index (χ2v) is 14.3. The minimum absolute atomic E-state index is 0.983. The summed E-state index contributed by atoms with van der Waals surface area (Å²) >= 11 is 1.75. The van der Waals surface area contributed by atoms with Gasteiger partial charge in [0.15, 0.2) is 0 Å². The molecular formula is C49H32N2S. The van der Waals surface area contributed by atoms with Crippen LogP contribution in [0.5, 0.6) is 0 Å². The molecule has 0 aliphatic rings. The SMILES string of the molecule is c1ccc2cc(-c3ccc(N(c4ccc(-c5ccc6ccccc6c5)cc4)c4ccc(-c5ccc6c(n5)sc5ccccc56)cc4)cc3)ccc2c1. The Labute approximate surface area is 306 Å². The zero-order valence-corrected chi connectivity index (χ0v) is 29.1. The van der Waals surface area contributed by atoms with Crippen LogP contribution in [0, 0.1) is 0 Å². The molecule has 2 heterocycles. The summed E-state index contributed by atoms with van der Waals surface area (Å²) in [5.41, 5.74) is 10.2. The number of benzene rings is 8. The van der Waals surface area contributed by atoms with Gasteiger partial charge in [-0.1, -0.05) is 127 Å². The van der Waals surface area contributed by atoms with E-state index in [1.54, 1.807) is 11.3 Å². The zero-order chi connectivity index (χ0) is 34.4. The van der Waals surface area contributed by atoms with E-state index in [1.807, 2.05) is 0 Å². The molecule has 0 aliphatic carbocycles. The Bertz CT molecular complexity index is 2760. The normalized spacial score (nSPS) is 11.5. The van der Waals surface area contributed by atoms with Gasteiger partial charge in [-0.15, -0.1) is 11.3 Å².